The Bertz CT molecular complexity index is 626. The zero-order chi connectivity index (χ0) is 14.8. The smallest absolute Gasteiger partial charge is 0.127 e. The van der Waals surface area contributed by atoms with Gasteiger partial charge >= 0.3 is 0 Å². The average Bonchev–Trinajstić information content (AvgIpc) is 2.89. The third-order valence-electron chi connectivity index (χ3n) is 3.90. The molecular formula is C15H18Cl2N4. The summed E-state index contributed by atoms with van der Waals surface area (Å²) in [6.07, 6.45) is 3.83. The molecular weight excluding hydrogens is 307 g/mol. The monoisotopic (exact) mass is 324 g/mol. The largest absolute Gasteiger partial charge is 0.337 e. The lowest BCUT2D eigenvalue weighted by Crippen LogP contribution is -2.46. The molecule has 0 radical (unpaired) electrons. The van der Waals surface area contributed by atoms with Crippen molar-refractivity contribution in [1.82, 2.24) is 19.8 Å². The van der Waals surface area contributed by atoms with Gasteiger partial charge in [0.2, 0.25) is 0 Å². The van der Waals surface area contributed by atoms with Crippen molar-refractivity contribution in [2.45, 2.75) is 12.6 Å². The molecule has 0 aliphatic carbocycles. The molecule has 1 atom stereocenters. The first-order chi connectivity index (χ1) is 10.1. The van der Waals surface area contributed by atoms with E-state index in [1.165, 1.54) is 0 Å². The van der Waals surface area contributed by atoms with Gasteiger partial charge in [0.25, 0.3) is 0 Å². The lowest BCUT2D eigenvalue weighted by Gasteiger charge is -2.35. The summed E-state index contributed by atoms with van der Waals surface area (Å²) >= 11 is 12.3. The van der Waals surface area contributed by atoms with Crippen LogP contribution < -0.4 is 5.32 Å². The third-order valence-corrected chi connectivity index (χ3v) is 4.49. The second kappa shape index (κ2) is 6.36. The Morgan fingerprint density at radius 3 is 2.95 bits per heavy atom. The number of rotatable bonds is 3. The van der Waals surface area contributed by atoms with Crippen molar-refractivity contribution in [3.63, 3.8) is 0 Å². The van der Waals surface area contributed by atoms with Crippen molar-refractivity contribution in [2.75, 3.05) is 19.6 Å². The van der Waals surface area contributed by atoms with Crippen LogP contribution in [0.2, 0.25) is 10.0 Å². The number of aromatic nitrogens is 2. The van der Waals surface area contributed by atoms with E-state index in [0.717, 1.165) is 42.6 Å². The minimum absolute atomic E-state index is 0.255. The van der Waals surface area contributed by atoms with Gasteiger partial charge in [-0.2, -0.15) is 0 Å². The lowest BCUT2D eigenvalue weighted by molar-refractivity contribution is 0.145. The number of hydrogen-bond donors (Lipinski definition) is 1. The van der Waals surface area contributed by atoms with Gasteiger partial charge in [0, 0.05) is 55.7 Å². The quantitative estimate of drug-likeness (QED) is 0.942. The fourth-order valence-corrected chi connectivity index (χ4v) is 3.23. The highest BCUT2D eigenvalue weighted by Gasteiger charge is 2.27. The van der Waals surface area contributed by atoms with Crippen LogP contribution in [0.5, 0.6) is 0 Å². The van der Waals surface area contributed by atoms with Gasteiger partial charge in [0.05, 0.1) is 6.04 Å². The van der Waals surface area contributed by atoms with Crippen molar-refractivity contribution in [3.05, 3.63) is 52.0 Å². The molecule has 0 amide bonds. The molecule has 0 saturated carbocycles. The molecule has 2 heterocycles. The number of imidazole rings is 1. The van der Waals surface area contributed by atoms with E-state index in [1.54, 1.807) is 6.07 Å². The average molecular weight is 325 g/mol. The van der Waals surface area contributed by atoms with Gasteiger partial charge in [-0.1, -0.05) is 29.3 Å². The molecule has 4 nitrogen and oxygen atoms in total. The summed E-state index contributed by atoms with van der Waals surface area (Å²) in [5, 5.41) is 4.83. The van der Waals surface area contributed by atoms with E-state index in [2.05, 4.69) is 19.8 Å². The molecule has 1 saturated heterocycles. The van der Waals surface area contributed by atoms with Crippen LogP contribution in [0.3, 0.4) is 0 Å². The molecule has 1 aromatic heterocycles. The zero-order valence-electron chi connectivity index (χ0n) is 11.9. The molecule has 2 aromatic rings. The van der Waals surface area contributed by atoms with Crippen LogP contribution in [0.15, 0.2) is 30.6 Å². The fourth-order valence-electron chi connectivity index (χ4n) is 2.76. The molecule has 1 fully saturated rings. The van der Waals surface area contributed by atoms with E-state index in [0.29, 0.717) is 5.02 Å². The summed E-state index contributed by atoms with van der Waals surface area (Å²) in [4.78, 5) is 6.91. The van der Waals surface area contributed by atoms with Crippen LogP contribution in [-0.2, 0) is 13.6 Å². The topological polar surface area (TPSA) is 33.1 Å². The molecule has 112 valence electrons. The van der Waals surface area contributed by atoms with E-state index in [1.807, 2.05) is 31.6 Å². The molecule has 1 N–H and O–H groups in total. The molecule has 3 rings (SSSR count). The lowest BCUT2D eigenvalue weighted by atomic mass is 10.1. The summed E-state index contributed by atoms with van der Waals surface area (Å²) in [6.45, 7) is 3.65. The Balaban J connectivity index is 1.83. The first kappa shape index (κ1) is 14.9. The van der Waals surface area contributed by atoms with Gasteiger partial charge in [0.15, 0.2) is 0 Å². The fraction of sp³-hybridized carbons (Fsp3) is 0.400. The predicted molar refractivity (Wildman–Crippen MR) is 85.7 cm³/mol. The van der Waals surface area contributed by atoms with Gasteiger partial charge in [-0.15, -0.1) is 0 Å². The molecule has 1 aliphatic rings. The highest BCUT2D eigenvalue weighted by Crippen LogP contribution is 2.27. The van der Waals surface area contributed by atoms with Gasteiger partial charge in [0.1, 0.15) is 5.82 Å². The van der Waals surface area contributed by atoms with Crippen LogP contribution in [0, 0.1) is 0 Å². The third kappa shape index (κ3) is 3.24. The first-order valence-corrected chi connectivity index (χ1v) is 7.76. The number of halogens is 2. The van der Waals surface area contributed by atoms with E-state index < -0.39 is 0 Å². The standard InChI is InChI=1S/C15H18Cl2N4/c1-20-6-5-19-15(20)14-9-18-4-7-21(14)10-11-2-3-12(16)8-13(11)17/h2-3,5-6,8,14,18H,4,7,9-10H2,1H3. The SMILES string of the molecule is Cn1ccnc1C1CNCCN1Cc1ccc(Cl)cc1Cl. The van der Waals surface area contributed by atoms with Crippen molar-refractivity contribution in [2.24, 2.45) is 7.05 Å². The molecule has 0 spiro atoms. The van der Waals surface area contributed by atoms with Crippen LogP contribution >= 0.6 is 23.2 Å². The maximum absolute atomic E-state index is 6.31. The van der Waals surface area contributed by atoms with Crippen molar-refractivity contribution in [1.29, 1.82) is 0 Å². The Morgan fingerprint density at radius 2 is 2.24 bits per heavy atom. The van der Waals surface area contributed by atoms with Gasteiger partial charge in [-0.25, -0.2) is 4.98 Å². The Morgan fingerprint density at radius 1 is 1.38 bits per heavy atom. The number of hydrogen-bond acceptors (Lipinski definition) is 3. The number of nitrogens with zero attached hydrogens (tertiary/aromatic N) is 3. The van der Waals surface area contributed by atoms with E-state index in [4.69, 9.17) is 23.2 Å². The summed E-state index contributed by atoms with van der Waals surface area (Å²) in [5.41, 5.74) is 1.10. The van der Waals surface area contributed by atoms with Crippen LogP contribution in [-0.4, -0.2) is 34.1 Å². The maximum Gasteiger partial charge on any atom is 0.127 e. The van der Waals surface area contributed by atoms with E-state index >= 15 is 0 Å². The summed E-state index contributed by atoms with van der Waals surface area (Å²) in [7, 11) is 2.03. The Hall–Kier alpha value is -1.07. The maximum atomic E-state index is 6.31. The molecule has 21 heavy (non-hydrogen) atoms. The number of benzene rings is 1. The van der Waals surface area contributed by atoms with Gasteiger partial charge in [-0.05, 0) is 17.7 Å². The summed E-state index contributed by atoms with van der Waals surface area (Å²) < 4.78 is 2.08. The van der Waals surface area contributed by atoms with Gasteiger partial charge < -0.3 is 9.88 Å². The van der Waals surface area contributed by atoms with E-state index in [9.17, 15) is 0 Å². The summed E-state index contributed by atoms with van der Waals surface area (Å²) in [5.74, 6) is 1.08. The normalized spacial score (nSPS) is 19.9. The molecule has 1 aliphatic heterocycles. The molecule has 1 aromatic carbocycles. The van der Waals surface area contributed by atoms with Crippen LogP contribution in [0.25, 0.3) is 0 Å². The van der Waals surface area contributed by atoms with Gasteiger partial charge in [-0.3, -0.25) is 4.90 Å². The van der Waals surface area contributed by atoms with Crippen molar-refractivity contribution in [3.8, 4) is 0 Å². The first-order valence-electron chi connectivity index (χ1n) is 7.01. The number of aryl methyl sites for hydroxylation is 1. The highest BCUT2D eigenvalue weighted by atomic mass is 35.5. The Kier molecular flexibility index (Phi) is 4.50. The van der Waals surface area contributed by atoms with Crippen molar-refractivity contribution >= 4 is 23.2 Å². The predicted octanol–water partition coefficient (Wildman–Crippen LogP) is 2.87. The molecule has 0 bridgehead atoms. The zero-order valence-corrected chi connectivity index (χ0v) is 13.4. The summed E-state index contributed by atoms with van der Waals surface area (Å²) in [6, 6.07) is 5.95. The molecule has 1 unspecified atom stereocenters. The number of piperazine rings is 1. The highest BCUT2D eigenvalue weighted by molar-refractivity contribution is 6.35. The second-order valence-electron chi connectivity index (χ2n) is 5.32. The van der Waals surface area contributed by atoms with Crippen LogP contribution in [0.1, 0.15) is 17.4 Å². The minimum atomic E-state index is 0.255. The molecule has 6 heteroatoms. The van der Waals surface area contributed by atoms with Crippen molar-refractivity contribution < 1.29 is 0 Å². The second-order valence-corrected chi connectivity index (χ2v) is 6.17. The van der Waals surface area contributed by atoms with Crippen LogP contribution in [0.4, 0.5) is 0 Å². The number of nitrogens with one attached hydrogen (secondary N) is 1. The Labute approximate surface area is 134 Å². The van der Waals surface area contributed by atoms with E-state index in [-0.39, 0.29) is 6.04 Å². The minimum Gasteiger partial charge on any atom is -0.337 e.